The highest BCUT2D eigenvalue weighted by molar-refractivity contribution is 5.87. The molecule has 0 aliphatic carbocycles. The molecule has 1 heterocycles. The smallest absolute Gasteiger partial charge is 0.338 e. The summed E-state index contributed by atoms with van der Waals surface area (Å²) in [7, 11) is 0. The Bertz CT molecular complexity index is 426. The first kappa shape index (κ1) is 15.2. The summed E-state index contributed by atoms with van der Waals surface area (Å²) in [4.78, 5) is 24.5. The maximum atomic E-state index is 11.6. The van der Waals surface area contributed by atoms with Crippen molar-refractivity contribution in [2.24, 2.45) is 0 Å². The van der Waals surface area contributed by atoms with Crippen molar-refractivity contribution < 1.29 is 14.7 Å². The first-order chi connectivity index (χ1) is 9.06. The Morgan fingerprint density at radius 1 is 1.42 bits per heavy atom. The molecule has 7 nitrogen and oxygen atoms in total. The van der Waals surface area contributed by atoms with Crippen molar-refractivity contribution in [1.82, 2.24) is 20.0 Å². The third-order valence-corrected chi connectivity index (χ3v) is 2.83. The summed E-state index contributed by atoms with van der Waals surface area (Å²) in [6, 6.07) is 0. The van der Waals surface area contributed by atoms with Crippen LogP contribution in [-0.4, -0.2) is 57.8 Å². The highest BCUT2D eigenvalue weighted by atomic mass is 16.4. The normalized spacial score (nSPS) is 10.7. The lowest BCUT2D eigenvalue weighted by molar-refractivity contribution is -0.121. The zero-order valence-corrected chi connectivity index (χ0v) is 11.3. The van der Waals surface area contributed by atoms with Gasteiger partial charge in [-0.1, -0.05) is 13.8 Å². The van der Waals surface area contributed by atoms with Gasteiger partial charge in [0.1, 0.15) is 6.54 Å². The van der Waals surface area contributed by atoms with Crippen molar-refractivity contribution >= 4 is 11.9 Å². The zero-order chi connectivity index (χ0) is 14.3. The van der Waals surface area contributed by atoms with Crippen molar-refractivity contribution in [2.75, 3.05) is 26.2 Å². The number of rotatable bonds is 8. The van der Waals surface area contributed by atoms with Crippen LogP contribution >= 0.6 is 0 Å². The van der Waals surface area contributed by atoms with Crippen LogP contribution in [0.1, 0.15) is 24.2 Å². The van der Waals surface area contributed by atoms with Crippen molar-refractivity contribution in [2.45, 2.75) is 20.4 Å². The van der Waals surface area contributed by atoms with E-state index in [2.05, 4.69) is 29.2 Å². The monoisotopic (exact) mass is 268 g/mol. The minimum Gasteiger partial charge on any atom is -0.478 e. The van der Waals surface area contributed by atoms with Gasteiger partial charge in [-0.25, -0.2) is 4.79 Å². The topological polar surface area (TPSA) is 87.5 Å². The van der Waals surface area contributed by atoms with Crippen LogP contribution in [0.5, 0.6) is 0 Å². The SMILES string of the molecule is CCN(CC)CCNC(=O)Cn1cc(C(=O)O)cn1. The first-order valence-electron chi connectivity index (χ1n) is 6.31. The average molecular weight is 268 g/mol. The second kappa shape index (κ2) is 7.52. The Morgan fingerprint density at radius 3 is 2.63 bits per heavy atom. The van der Waals surface area contributed by atoms with Crippen molar-refractivity contribution in [1.29, 1.82) is 0 Å². The highest BCUT2D eigenvalue weighted by Crippen LogP contribution is 1.96. The molecule has 0 saturated carbocycles. The van der Waals surface area contributed by atoms with Crippen LogP contribution in [-0.2, 0) is 11.3 Å². The van der Waals surface area contributed by atoms with Gasteiger partial charge in [-0.15, -0.1) is 0 Å². The molecule has 0 aliphatic heterocycles. The largest absolute Gasteiger partial charge is 0.478 e. The van der Waals surface area contributed by atoms with Crippen LogP contribution in [0, 0.1) is 0 Å². The van der Waals surface area contributed by atoms with Gasteiger partial charge in [-0.3, -0.25) is 9.48 Å². The molecular formula is C12H20N4O3. The molecule has 106 valence electrons. The van der Waals surface area contributed by atoms with Gasteiger partial charge in [0.2, 0.25) is 5.91 Å². The van der Waals surface area contributed by atoms with Crippen LogP contribution in [0.4, 0.5) is 0 Å². The molecule has 0 unspecified atom stereocenters. The van der Waals surface area contributed by atoms with E-state index in [0.29, 0.717) is 6.54 Å². The number of hydrogen-bond donors (Lipinski definition) is 2. The molecule has 1 aromatic rings. The fourth-order valence-corrected chi connectivity index (χ4v) is 1.66. The van der Waals surface area contributed by atoms with E-state index in [4.69, 9.17) is 5.11 Å². The van der Waals surface area contributed by atoms with Gasteiger partial charge in [0, 0.05) is 19.3 Å². The predicted octanol–water partition coefficient (Wildman–Crippen LogP) is 0.0393. The van der Waals surface area contributed by atoms with Gasteiger partial charge in [0.05, 0.1) is 11.8 Å². The van der Waals surface area contributed by atoms with Crippen LogP contribution in [0.2, 0.25) is 0 Å². The molecule has 1 rings (SSSR count). The van der Waals surface area contributed by atoms with E-state index in [0.717, 1.165) is 19.6 Å². The van der Waals surface area contributed by atoms with Crippen molar-refractivity contribution in [3.05, 3.63) is 18.0 Å². The van der Waals surface area contributed by atoms with E-state index in [-0.39, 0.29) is 18.0 Å². The molecule has 0 aliphatic rings. The summed E-state index contributed by atoms with van der Waals surface area (Å²) in [5, 5.41) is 15.3. The summed E-state index contributed by atoms with van der Waals surface area (Å²) in [5.74, 6) is -1.22. The summed E-state index contributed by atoms with van der Waals surface area (Å²) in [6.45, 7) is 7.46. The third kappa shape index (κ3) is 5.09. The second-order valence-electron chi connectivity index (χ2n) is 4.11. The number of carboxylic acid groups (broad SMARTS) is 1. The number of carbonyl (C=O) groups excluding carboxylic acids is 1. The summed E-state index contributed by atoms with van der Waals surface area (Å²) < 4.78 is 1.32. The van der Waals surface area contributed by atoms with E-state index in [1.165, 1.54) is 17.1 Å². The number of carboxylic acids is 1. The number of carbonyl (C=O) groups is 2. The van der Waals surface area contributed by atoms with E-state index in [1.54, 1.807) is 0 Å². The molecule has 2 N–H and O–H groups in total. The second-order valence-corrected chi connectivity index (χ2v) is 4.11. The van der Waals surface area contributed by atoms with Crippen LogP contribution in [0.25, 0.3) is 0 Å². The molecule has 0 bridgehead atoms. The van der Waals surface area contributed by atoms with Gasteiger partial charge in [0.15, 0.2) is 0 Å². The zero-order valence-electron chi connectivity index (χ0n) is 11.3. The minimum absolute atomic E-state index is 0.0333. The molecule has 7 heteroatoms. The van der Waals surface area contributed by atoms with Gasteiger partial charge in [-0.2, -0.15) is 5.10 Å². The molecule has 0 fully saturated rings. The van der Waals surface area contributed by atoms with E-state index < -0.39 is 5.97 Å². The van der Waals surface area contributed by atoms with Gasteiger partial charge < -0.3 is 15.3 Å². The molecule has 19 heavy (non-hydrogen) atoms. The van der Waals surface area contributed by atoms with Crippen LogP contribution in [0.3, 0.4) is 0 Å². The van der Waals surface area contributed by atoms with Gasteiger partial charge in [0.25, 0.3) is 0 Å². The number of hydrogen-bond acceptors (Lipinski definition) is 4. The van der Waals surface area contributed by atoms with Crippen LogP contribution < -0.4 is 5.32 Å². The molecule has 0 atom stereocenters. The number of likely N-dealkylation sites (N-methyl/N-ethyl adjacent to an activating group) is 1. The molecular weight excluding hydrogens is 248 g/mol. The molecule has 1 aromatic heterocycles. The summed E-state index contributed by atoms with van der Waals surface area (Å²) in [5.41, 5.74) is 0.0796. The number of aromatic nitrogens is 2. The third-order valence-electron chi connectivity index (χ3n) is 2.83. The minimum atomic E-state index is -1.05. The summed E-state index contributed by atoms with van der Waals surface area (Å²) >= 11 is 0. The van der Waals surface area contributed by atoms with Crippen molar-refractivity contribution in [3.8, 4) is 0 Å². The molecule has 0 radical (unpaired) electrons. The molecule has 0 spiro atoms. The lowest BCUT2D eigenvalue weighted by Gasteiger charge is -2.17. The first-order valence-corrected chi connectivity index (χ1v) is 6.31. The van der Waals surface area contributed by atoms with Crippen molar-refractivity contribution in [3.63, 3.8) is 0 Å². The fraction of sp³-hybridized carbons (Fsp3) is 0.583. The van der Waals surface area contributed by atoms with E-state index in [1.807, 2.05) is 0 Å². The number of nitrogens with zero attached hydrogens (tertiary/aromatic N) is 3. The molecule has 0 aromatic carbocycles. The Labute approximate surface area is 112 Å². The Kier molecular flexibility index (Phi) is 6.01. The molecule has 0 saturated heterocycles. The average Bonchev–Trinajstić information content (AvgIpc) is 2.83. The van der Waals surface area contributed by atoms with E-state index >= 15 is 0 Å². The Balaban J connectivity index is 2.32. The lowest BCUT2D eigenvalue weighted by Crippen LogP contribution is -2.36. The number of aromatic carboxylic acids is 1. The Morgan fingerprint density at radius 2 is 2.11 bits per heavy atom. The summed E-state index contributed by atoms with van der Waals surface area (Å²) in [6.07, 6.45) is 2.57. The van der Waals surface area contributed by atoms with E-state index in [9.17, 15) is 9.59 Å². The fourth-order valence-electron chi connectivity index (χ4n) is 1.66. The molecule has 1 amide bonds. The van der Waals surface area contributed by atoms with Gasteiger partial charge >= 0.3 is 5.97 Å². The van der Waals surface area contributed by atoms with Gasteiger partial charge in [-0.05, 0) is 13.1 Å². The van der Waals surface area contributed by atoms with Crippen LogP contribution in [0.15, 0.2) is 12.4 Å². The quantitative estimate of drug-likeness (QED) is 0.695. The number of nitrogens with one attached hydrogen (secondary N) is 1. The highest BCUT2D eigenvalue weighted by Gasteiger charge is 2.08. The maximum Gasteiger partial charge on any atom is 0.338 e. The standard InChI is InChI=1S/C12H20N4O3/c1-3-15(4-2)6-5-13-11(17)9-16-8-10(7-14-16)12(18)19/h7-8H,3-6,9H2,1-2H3,(H,13,17)(H,18,19). The Hall–Kier alpha value is -1.89. The lowest BCUT2D eigenvalue weighted by atomic mass is 10.4. The predicted molar refractivity (Wildman–Crippen MR) is 70.0 cm³/mol. The number of amides is 1. The maximum absolute atomic E-state index is 11.6.